The Hall–Kier alpha value is -0.380. The van der Waals surface area contributed by atoms with Crippen molar-refractivity contribution in [1.29, 1.82) is 0 Å². The molecular formula is C6H12N2O. The van der Waals surface area contributed by atoms with Crippen LogP contribution in [0.4, 0.5) is 0 Å². The number of hydrogen-bond donors (Lipinski definition) is 3. The number of aliphatic hydroxyl groups is 1. The van der Waals surface area contributed by atoms with Gasteiger partial charge in [0.2, 0.25) is 0 Å². The molecule has 0 amide bonds. The molecule has 0 spiro atoms. The first-order valence-corrected chi connectivity index (χ1v) is 2.96. The zero-order chi connectivity index (χ0) is 7.07. The SMILES string of the molecule is CC1=CC(O)C1(C)NN. The lowest BCUT2D eigenvalue weighted by atomic mass is 9.77. The van der Waals surface area contributed by atoms with Gasteiger partial charge in [-0.2, -0.15) is 0 Å². The molecular weight excluding hydrogens is 116 g/mol. The van der Waals surface area contributed by atoms with Crippen LogP contribution in [0.15, 0.2) is 11.6 Å². The highest BCUT2D eigenvalue weighted by Crippen LogP contribution is 2.30. The molecule has 0 bridgehead atoms. The quantitative estimate of drug-likeness (QED) is 0.254. The number of aliphatic hydroxyl groups excluding tert-OH is 1. The fourth-order valence-electron chi connectivity index (χ4n) is 0.913. The van der Waals surface area contributed by atoms with Gasteiger partial charge in [0.05, 0.1) is 11.6 Å². The van der Waals surface area contributed by atoms with Gasteiger partial charge < -0.3 is 5.11 Å². The molecule has 4 N–H and O–H groups in total. The number of hydrogen-bond acceptors (Lipinski definition) is 3. The zero-order valence-electron chi connectivity index (χ0n) is 5.68. The van der Waals surface area contributed by atoms with Gasteiger partial charge in [-0.15, -0.1) is 0 Å². The largest absolute Gasteiger partial charge is 0.387 e. The Labute approximate surface area is 54.5 Å². The summed E-state index contributed by atoms with van der Waals surface area (Å²) in [6.45, 7) is 3.81. The minimum Gasteiger partial charge on any atom is -0.387 e. The summed E-state index contributed by atoms with van der Waals surface area (Å²) in [6, 6.07) is 0. The molecule has 0 aromatic rings. The third kappa shape index (κ3) is 0.694. The fourth-order valence-corrected chi connectivity index (χ4v) is 0.913. The maximum atomic E-state index is 9.12. The van der Waals surface area contributed by atoms with Gasteiger partial charge in [0.15, 0.2) is 0 Å². The number of nitrogens with two attached hydrogens (primary N) is 1. The highest BCUT2D eigenvalue weighted by Gasteiger charge is 2.39. The molecule has 1 rings (SSSR count). The van der Waals surface area contributed by atoms with Crippen LogP contribution >= 0.6 is 0 Å². The molecule has 3 heteroatoms. The minimum absolute atomic E-state index is 0.375. The maximum absolute atomic E-state index is 9.12. The Bertz CT molecular complexity index is 155. The van der Waals surface area contributed by atoms with Gasteiger partial charge in [-0.1, -0.05) is 11.6 Å². The Morgan fingerprint density at radius 2 is 2.44 bits per heavy atom. The van der Waals surface area contributed by atoms with Crippen molar-refractivity contribution in [3.05, 3.63) is 11.6 Å². The van der Waals surface area contributed by atoms with Crippen molar-refractivity contribution in [3.8, 4) is 0 Å². The van der Waals surface area contributed by atoms with Crippen LogP contribution in [0.2, 0.25) is 0 Å². The Morgan fingerprint density at radius 1 is 1.89 bits per heavy atom. The van der Waals surface area contributed by atoms with E-state index in [0.717, 1.165) is 5.57 Å². The van der Waals surface area contributed by atoms with Crippen molar-refractivity contribution in [1.82, 2.24) is 5.43 Å². The van der Waals surface area contributed by atoms with Crippen molar-refractivity contribution in [2.45, 2.75) is 25.5 Å². The van der Waals surface area contributed by atoms with Crippen molar-refractivity contribution in [2.24, 2.45) is 5.84 Å². The number of nitrogens with one attached hydrogen (secondary N) is 1. The van der Waals surface area contributed by atoms with E-state index in [1.807, 2.05) is 13.8 Å². The van der Waals surface area contributed by atoms with E-state index in [4.69, 9.17) is 10.9 Å². The van der Waals surface area contributed by atoms with E-state index in [1.165, 1.54) is 0 Å². The molecule has 0 radical (unpaired) electrons. The molecule has 0 saturated heterocycles. The van der Waals surface area contributed by atoms with Gasteiger partial charge in [0.25, 0.3) is 0 Å². The molecule has 0 fully saturated rings. The van der Waals surface area contributed by atoms with E-state index in [1.54, 1.807) is 6.08 Å². The summed E-state index contributed by atoms with van der Waals surface area (Å²) in [4.78, 5) is 0. The molecule has 3 nitrogen and oxygen atoms in total. The molecule has 9 heavy (non-hydrogen) atoms. The summed E-state index contributed by atoms with van der Waals surface area (Å²) in [7, 11) is 0. The van der Waals surface area contributed by atoms with Gasteiger partial charge >= 0.3 is 0 Å². The summed E-state index contributed by atoms with van der Waals surface area (Å²) in [5.74, 6) is 5.20. The Morgan fingerprint density at radius 3 is 2.56 bits per heavy atom. The van der Waals surface area contributed by atoms with Crippen molar-refractivity contribution in [2.75, 3.05) is 0 Å². The smallest absolute Gasteiger partial charge is 0.0953 e. The maximum Gasteiger partial charge on any atom is 0.0953 e. The van der Waals surface area contributed by atoms with E-state index < -0.39 is 6.10 Å². The molecule has 0 heterocycles. The van der Waals surface area contributed by atoms with Crippen molar-refractivity contribution in [3.63, 3.8) is 0 Å². The van der Waals surface area contributed by atoms with Crippen LogP contribution in [0.3, 0.4) is 0 Å². The highest BCUT2D eigenvalue weighted by atomic mass is 16.3. The first-order valence-electron chi connectivity index (χ1n) is 2.96. The van der Waals surface area contributed by atoms with Crippen LogP contribution < -0.4 is 11.3 Å². The second-order valence-corrected chi connectivity index (χ2v) is 2.64. The van der Waals surface area contributed by atoms with Gasteiger partial charge in [-0.25, -0.2) is 5.43 Å². The van der Waals surface area contributed by atoms with Crippen LogP contribution in [-0.2, 0) is 0 Å². The Kier molecular flexibility index (Phi) is 1.35. The van der Waals surface area contributed by atoms with E-state index in [0.29, 0.717) is 0 Å². The van der Waals surface area contributed by atoms with Crippen LogP contribution in [0.1, 0.15) is 13.8 Å². The number of rotatable bonds is 1. The lowest BCUT2D eigenvalue weighted by Crippen LogP contribution is -2.60. The lowest BCUT2D eigenvalue weighted by molar-refractivity contribution is 0.104. The van der Waals surface area contributed by atoms with Crippen LogP contribution in [-0.4, -0.2) is 16.7 Å². The molecule has 1 aliphatic rings. The van der Waals surface area contributed by atoms with Gasteiger partial charge in [-0.05, 0) is 13.8 Å². The van der Waals surface area contributed by atoms with Gasteiger partial charge in [0, 0.05) is 0 Å². The summed E-state index contributed by atoms with van der Waals surface area (Å²) >= 11 is 0. The molecule has 2 atom stereocenters. The second kappa shape index (κ2) is 1.80. The number of hydrazine groups is 1. The zero-order valence-corrected chi connectivity index (χ0v) is 5.68. The third-order valence-electron chi connectivity index (χ3n) is 2.12. The van der Waals surface area contributed by atoms with Gasteiger partial charge in [-0.3, -0.25) is 5.84 Å². The summed E-state index contributed by atoms with van der Waals surface area (Å²) in [5, 5.41) is 9.12. The normalized spacial score (nSPS) is 41.8. The molecule has 52 valence electrons. The molecule has 2 unspecified atom stereocenters. The lowest BCUT2D eigenvalue weighted by Gasteiger charge is -2.41. The van der Waals surface area contributed by atoms with Crippen molar-refractivity contribution >= 4 is 0 Å². The summed E-state index contributed by atoms with van der Waals surface area (Å²) < 4.78 is 0. The standard InChI is InChI=1S/C6H12N2O/c1-4-3-5(9)6(4,2)8-7/h3,5,8-9H,7H2,1-2H3. The van der Waals surface area contributed by atoms with E-state index in [-0.39, 0.29) is 5.54 Å². The van der Waals surface area contributed by atoms with Gasteiger partial charge in [0.1, 0.15) is 0 Å². The topological polar surface area (TPSA) is 58.3 Å². The molecule has 1 aliphatic carbocycles. The summed E-state index contributed by atoms with van der Waals surface area (Å²) in [6.07, 6.45) is 1.35. The van der Waals surface area contributed by atoms with Crippen molar-refractivity contribution < 1.29 is 5.11 Å². The average Bonchev–Trinajstić information content (AvgIpc) is 1.87. The molecule has 0 aromatic carbocycles. The molecule has 0 aromatic heterocycles. The third-order valence-corrected chi connectivity index (χ3v) is 2.12. The monoisotopic (exact) mass is 128 g/mol. The first kappa shape index (κ1) is 6.74. The molecule has 0 saturated carbocycles. The predicted molar refractivity (Wildman–Crippen MR) is 35.5 cm³/mol. The fraction of sp³-hybridized carbons (Fsp3) is 0.667. The van der Waals surface area contributed by atoms with E-state index in [9.17, 15) is 0 Å². The summed E-state index contributed by atoms with van der Waals surface area (Å²) in [5.41, 5.74) is 3.28. The molecule has 0 aliphatic heterocycles. The average molecular weight is 128 g/mol. The second-order valence-electron chi connectivity index (χ2n) is 2.64. The van der Waals surface area contributed by atoms with Crippen LogP contribution in [0.5, 0.6) is 0 Å². The van der Waals surface area contributed by atoms with Crippen LogP contribution in [0, 0.1) is 0 Å². The van der Waals surface area contributed by atoms with E-state index in [2.05, 4.69) is 5.43 Å². The predicted octanol–water partition coefficient (Wildman–Crippen LogP) is -0.471. The van der Waals surface area contributed by atoms with E-state index >= 15 is 0 Å². The Balaban J connectivity index is 2.74. The first-order chi connectivity index (χ1) is 4.11. The minimum atomic E-state index is -0.428. The van der Waals surface area contributed by atoms with Crippen LogP contribution in [0.25, 0.3) is 0 Å². The highest BCUT2D eigenvalue weighted by molar-refractivity contribution is 5.33.